The molecule has 0 saturated heterocycles. The lowest BCUT2D eigenvalue weighted by Crippen LogP contribution is -2.00. The predicted octanol–water partition coefficient (Wildman–Crippen LogP) is 2.53. The van der Waals surface area contributed by atoms with Gasteiger partial charge in [-0.05, 0) is 15.9 Å². The number of rotatable bonds is 0. The highest BCUT2D eigenvalue weighted by molar-refractivity contribution is 9.10. The lowest BCUT2D eigenvalue weighted by atomic mass is 10.2. The number of halogens is 3. The van der Waals surface area contributed by atoms with Crippen LogP contribution in [0.3, 0.4) is 0 Å². The van der Waals surface area contributed by atoms with Crippen molar-refractivity contribution in [3.63, 3.8) is 0 Å². The zero-order valence-electron chi connectivity index (χ0n) is 5.37. The van der Waals surface area contributed by atoms with Crippen LogP contribution in [0, 0.1) is 11.6 Å². The maximum atomic E-state index is 12.8. The Hall–Kier alpha value is -0.840. The van der Waals surface area contributed by atoms with Gasteiger partial charge in [0.2, 0.25) is 0 Å². The van der Waals surface area contributed by atoms with Crippen molar-refractivity contribution in [1.82, 2.24) is 0 Å². The van der Waals surface area contributed by atoms with E-state index in [-0.39, 0.29) is 23.3 Å². The highest BCUT2D eigenvalue weighted by Gasteiger charge is 2.11. The van der Waals surface area contributed by atoms with Crippen LogP contribution in [-0.2, 0) is 0 Å². The second-order valence-electron chi connectivity index (χ2n) is 1.99. The zero-order valence-corrected chi connectivity index (χ0v) is 6.95. The molecule has 12 heavy (non-hydrogen) atoms. The van der Waals surface area contributed by atoms with E-state index >= 15 is 0 Å². The Bertz CT molecular complexity index is 276. The monoisotopic (exact) mass is 238 g/mol. The molecule has 0 fully saturated rings. The molecule has 0 unspecified atom stereocenters. The number of anilines is 2. The molecule has 0 aliphatic heterocycles. The number of nitrogen functional groups attached to an aromatic ring is 2. The summed E-state index contributed by atoms with van der Waals surface area (Å²) < 4.78 is 25.1. The third-order valence-corrected chi connectivity index (χ3v) is 1.96. The number of nitrogens with two attached hydrogens (primary N) is 2. The van der Waals surface area contributed by atoms with E-state index in [2.05, 4.69) is 15.9 Å². The Morgan fingerprint density at radius 2 is 1.75 bits per heavy atom. The van der Waals surface area contributed by atoms with E-state index in [0.29, 0.717) is 0 Å². The Kier molecular flexibility index (Phi) is 3.45. The minimum Gasteiger partial charge on any atom is -0.397 e. The van der Waals surface area contributed by atoms with Gasteiger partial charge < -0.3 is 11.5 Å². The third-order valence-electron chi connectivity index (χ3n) is 1.23. The average molecular weight is 239 g/mol. The Labute approximate surface area is 77.7 Å². The van der Waals surface area contributed by atoms with Crippen LogP contribution < -0.4 is 11.5 Å². The summed E-state index contributed by atoms with van der Waals surface area (Å²) in [6.07, 6.45) is 0. The maximum absolute atomic E-state index is 12.8. The third kappa shape index (κ3) is 1.66. The minimum atomic E-state index is -0.859. The fraction of sp³-hybridized carbons (Fsp3) is 0.143. The van der Waals surface area contributed by atoms with E-state index in [4.69, 9.17) is 11.5 Å². The quantitative estimate of drug-likeness (QED) is 0.539. The predicted molar refractivity (Wildman–Crippen MR) is 49.6 cm³/mol. The van der Waals surface area contributed by atoms with Crippen molar-refractivity contribution in [3.8, 4) is 0 Å². The Balaban J connectivity index is 0.00000121. The molecule has 0 radical (unpaired) electrons. The van der Waals surface area contributed by atoms with Crippen molar-refractivity contribution >= 4 is 27.3 Å². The molecule has 0 bridgehead atoms. The van der Waals surface area contributed by atoms with E-state index in [1.807, 2.05) is 0 Å². The van der Waals surface area contributed by atoms with Crippen LogP contribution in [0.5, 0.6) is 0 Å². The molecular weight excluding hydrogens is 230 g/mol. The van der Waals surface area contributed by atoms with Gasteiger partial charge in [-0.15, -0.1) is 0 Å². The summed E-state index contributed by atoms with van der Waals surface area (Å²) in [5.41, 5.74) is 9.99. The van der Waals surface area contributed by atoms with Gasteiger partial charge in [0.1, 0.15) is 5.82 Å². The molecule has 0 aliphatic rings. The van der Waals surface area contributed by atoms with E-state index in [1.165, 1.54) is 0 Å². The normalized spacial score (nSPS) is 9.25. The van der Waals surface area contributed by atoms with Gasteiger partial charge in [-0.25, -0.2) is 8.78 Å². The number of hydrogen-bond acceptors (Lipinski definition) is 2. The van der Waals surface area contributed by atoms with Gasteiger partial charge in [-0.2, -0.15) is 0 Å². The summed E-state index contributed by atoms with van der Waals surface area (Å²) in [5, 5.41) is 0. The summed E-state index contributed by atoms with van der Waals surface area (Å²) in [7, 11) is 0. The number of benzene rings is 1. The van der Waals surface area contributed by atoms with Crippen LogP contribution in [0.15, 0.2) is 10.5 Å². The molecule has 0 aromatic heterocycles. The highest BCUT2D eigenvalue weighted by Crippen LogP contribution is 2.28. The zero-order chi connectivity index (χ0) is 8.59. The topological polar surface area (TPSA) is 52.0 Å². The lowest BCUT2D eigenvalue weighted by Gasteiger charge is -2.03. The van der Waals surface area contributed by atoms with Crippen LogP contribution in [0.1, 0.15) is 7.43 Å². The minimum absolute atomic E-state index is 0. The van der Waals surface area contributed by atoms with Crippen molar-refractivity contribution in [3.05, 3.63) is 22.2 Å². The van der Waals surface area contributed by atoms with Gasteiger partial charge in [0.25, 0.3) is 0 Å². The van der Waals surface area contributed by atoms with Crippen LogP contribution in [0.2, 0.25) is 0 Å². The molecule has 2 nitrogen and oxygen atoms in total. The average Bonchev–Trinajstić information content (AvgIpc) is 1.97. The van der Waals surface area contributed by atoms with Crippen molar-refractivity contribution in [1.29, 1.82) is 0 Å². The molecule has 0 atom stereocenters. The Morgan fingerprint density at radius 3 is 2.25 bits per heavy atom. The molecule has 4 N–H and O–H groups in total. The molecule has 1 rings (SSSR count). The maximum Gasteiger partial charge on any atom is 0.165 e. The molecule has 0 heterocycles. The van der Waals surface area contributed by atoms with Crippen LogP contribution in [0.4, 0.5) is 20.2 Å². The molecule has 0 aliphatic carbocycles. The van der Waals surface area contributed by atoms with Crippen molar-refractivity contribution in [2.24, 2.45) is 0 Å². The molecule has 0 saturated carbocycles. The van der Waals surface area contributed by atoms with Gasteiger partial charge in [0.05, 0.1) is 15.8 Å². The molecular formula is C7H9BrF2N2. The van der Waals surface area contributed by atoms with Gasteiger partial charge in [0.15, 0.2) is 5.82 Å². The summed E-state index contributed by atoms with van der Waals surface area (Å²) in [4.78, 5) is 0. The highest BCUT2D eigenvalue weighted by atomic mass is 79.9. The van der Waals surface area contributed by atoms with Gasteiger partial charge in [0, 0.05) is 6.07 Å². The van der Waals surface area contributed by atoms with Crippen LogP contribution >= 0.6 is 15.9 Å². The largest absolute Gasteiger partial charge is 0.397 e. The van der Waals surface area contributed by atoms with Crippen LogP contribution in [-0.4, -0.2) is 0 Å². The van der Waals surface area contributed by atoms with Gasteiger partial charge in [-0.3, -0.25) is 0 Å². The smallest absolute Gasteiger partial charge is 0.165 e. The summed E-state index contributed by atoms with van der Waals surface area (Å²) in [5.74, 6) is -1.61. The second-order valence-corrected chi connectivity index (χ2v) is 2.78. The second kappa shape index (κ2) is 3.71. The molecule has 1 aromatic carbocycles. The first-order valence-corrected chi connectivity index (χ1v) is 3.51. The lowest BCUT2D eigenvalue weighted by molar-refractivity contribution is 0.576. The van der Waals surface area contributed by atoms with Crippen molar-refractivity contribution < 1.29 is 8.78 Å². The summed E-state index contributed by atoms with van der Waals surface area (Å²) >= 11 is 2.68. The molecule has 68 valence electrons. The first kappa shape index (κ1) is 11.2. The van der Waals surface area contributed by atoms with Crippen LogP contribution in [0.25, 0.3) is 0 Å². The van der Waals surface area contributed by atoms with Gasteiger partial charge >= 0.3 is 0 Å². The summed E-state index contributed by atoms with van der Waals surface area (Å²) in [6, 6.07) is 0.961. The van der Waals surface area contributed by atoms with Gasteiger partial charge in [-0.1, -0.05) is 7.43 Å². The van der Waals surface area contributed by atoms with Crippen molar-refractivity contribution in [2.45, 2.75) is 7.43 Å². The first-order chi connectivity index (χ1) is 5.04. The SMILES string of the molecule is C.Nc1cc(F)c(Br)c(F)c1N. The van der Waals surface area contributed by atoms with E-state index < -0.39 is 11.6 Å². The first-order valence-electron chi connectivity index (χ1n) is 2.72. The standard InChI is InChI=1S/C6H5BrF2N2.CH4/c7-4-2(8)1-3(10)6(11)5(4)9;/h1H,10-11H2;1H4. The van der Waals surface area contributed by atoms with E-state index in [1.54, 1.807) is 0 Å². The number of hydrogen-bond donors (Lipinski definition) is 2. The fourth-order valence-corrected chi connectivity index (χ4v) is 0.955. The summed E-state index contributed by atoms with van der Waals surface area (Å²) in [6.45, 7) is 0. The molecule has 5 heteroatoms. The van der Waals surface area contributed by atoms with E-state index in [9.17, 15) is 8.78 Å². The molecule has 1 aromatic rings. The van der Waals surface area contributed by atoms with Crippen molar-refractivity contribution in [2.75, 3.05) is 11.5 Å². The van der Waals surface area contributed by atoms with E-state index in [0.717, 1.165) is 6.07 Å². The fourth-order valence-electron chi connectivity index (χ4n) is 0.627. The Morgan fingerprint density at radius 1 is 1.25 bits per heavy atom. The molecule has 0 amide bonds. The molecule has 0 spiro atoms.